The Labute approximate surface area is 199 Å². The third kappa shape index (κ3) is 5.96. The number of nitrogens with zero attached hydrogens (tertiary/aromatic N) is 1. The van der Waals surface area contributed by atoms with Crippen molar-refractivity contribution < 1.29 is 27.4 Å². The van der Waals surface area contributed by atoms with E-state index in [0.29, 0.717) is 22.7 Å². The lowest BCUT2D eigenvalue weighted by Gasteiger charge is -2.14. The number of hydrogen-bond acceptors (Lipinski definition) is 7. The Bertz CT molecular complexity index is 1250. The van der Waals surface area contributed by atoms with Crippen molar-refractivity contribution in [1.82, 2.24) is 10.3 Å². The zero-order chi connectivity index (χ0) is 24.7. The van der Waals surface area contributed by atoms with Crippen molar-refractivity contribution in [1.29, 1.82) is 0 Å². The van der Waals surface area contributed by atoms with E-state index in [1.54, 1.807) is 42.5 Å². The minimum atomic E-state index is -3.95. The minimum absolute atomic E-state index is 0.0102. The first-order valence-corrected chi connectivity index (χ1v) is 12.0. The molecule has 3 aromatic rings. The van der Waals surface area contributed by atoms with E-state index in [2.05, 4.69) is 15.0 Å². The molecular weight excluding hydrogens is 458 g/mol. The van der Waals surface area contributed by atoms with Gasteiger partial charge in [0, 0.05) is 24.0 Å². The monoisotopic (exact) mass is 485 g/mol. The van der Waals surface area contributed by atoms with Crippen LogP contribution in [-0.4, -0.2) is 39.6 Å². The van der Waals surface area contributed by atoms with Gasteiger partial charge in [-0.05, 0) is 61.9 Å². The van der Waals surface area contributed by atoms with Crippen LogP contribution in [0.4, 0.5) is 5.69 Å². The molecule has 0 spiro atoms. The number of benzene rings is 2. The summed E-state index contributed by atoms with van der Waals surface area (Å²) in [5, 5.41) is 2.89. The Morgan fingerprint density at radius 2 is 1.74 bits per heavy atom. The molecular formula is C24H27N3O6S. The third-order valence-corrected chi connectivity index (χ3v) is 6.39. The molecule has 0 bridgehead atoms. The number of carbonyl (C=O) groups is 1. The van der Waals surface area contributed by atoms with Crippen LogP contribution >= 0.6 is 0 Å². The van der Waals surface area contributed by atoms with Crippen LogP contribution in [0.25, 0.3) is 0 Å². The molecule has 0 aliphatic carbocycles. The number of ether oxygens (including phenoxy) is 3. The zero-order valence-corrected chi connectivity index (χ0v) is 20.2. The average Bonchev–Trinajstić information content (AvgIpc) is 2.84. The zero-order valence-electron chi connectivity index (χ0n) is 19.4. The van der Waals surface area contributed by atoms with E-state index < -0.39 is 10.0 Å². The van der Waals surface area contributed by atoms with Gasteiger partial charge in [-0.15, -0.1) is 0 Å². The van der Waals surface area contributed by atoms with Crippen LogP contribution in [0.5, 0.6) is 23.1 Å². The molecule has 10 heteroatoms. The van der Waals surface area contributed by atoms with Gasteiger partial charge in [-0.3, -0.25) is 9.52 Å². The van der Waals surface area contributed by atoms with E-state index >= 15 is 0 Å². The highest BCUT2D eigenvalue weighted by Crippen LogP contribution is 2.30. The maximum atomic E-state index is 12.9. The van der Waals surface area contributed by atoms with Crippen LogP contribution in [-0.2, 0) is 10.0 Å². The van der Waals surface area contributed by atoms with E-state index in [0.717, 1.165) is 6.42 Å². The number of carbonyl (C=O) groups excluding carboxylic acids is 1. The summed E-state index contributed by atoms with van der Waals surface area (Å²) in [6.07, 6.45) is 2.32. The summed E-state index contributed by atoms with van der Waals surface area (Å²) in [6, 6.07) is 14.0. The highest BCUT2D eigenvalue weighted by Gasteiger charge is 2.21. The van der Waals surface area contributed by atoms with Crippen molar-refractivity contribution >= 4 is 21.6 Å². The van der Waals surface area contributed by atoms with Crippen LogP contribution < -0.4 is 24.2 Å². The molecule has 0 saturated carbocycles. The van der Waals surface area contributed by atoms with Crippen molar-refractivity contribution in [2.75, 3.05) is 18.9 Å². The second kappa shape index (κ2) is 10.9. The molecule has 1 amide bonds. The van der Waals surface area contributed by atoms with E-state index in [9.17, 15) is 13.2 Å². The van der Waals surface area contributed by atoms with Crippen molar-refractivity contribution in [3.8, 4) is 23.1 Å². The standard InChI is InChI=1S/C24H27N3O6S/c1-5-16(2)26-23(28)20-7-6-14-25-24(20)33-18-10-8-17(9-11-18)27-34(29,30)22-15-19(31-3)12-13-21(22)32-4/h6-16,27H,5H2,1-4H3,(H,26,28). The van der Waals surface area contributed by atoms with Crippen LogP contribution in [0.1, 0.15) is 30.6 Å². The van der Waals surface area contributed by atoms with Crippen LogP contribution in [0.15, 0.2) is 65.7 Å². The molecule has 0 aliphatic heterocycles. The number of anilines is 1. The number of methoxy groups -OCH3 is 2. The topological polar surface area (TPSA) is 116 Å². The van der Waals surface area contributed by atoms with Gasteiger partial charge in [-0.1, -0.05) is 6.92 Å². The third-order valence-electron chi connectivity index (χ3n) is 4.99. The quantitative estimate of drug-likeness (QED) is 0.442. The lowest BCUT2D eigenvalue weighted by atomic mass is 10.2. The smallest absolute Gasteiger partial charge is 0.265 e. The van der Waals surface area contributed by atoms with Gasteiger partial charge in [0.25, 0.3) is 15.9 Å². The molecule has 1 unspecified atom stereocenters. The summed E-state index contributed by atoms with van der Waals surface area (Å²) in [4.78, 5) is 16.7. The minimum Gasteiger partial charge on any atom is -0.497 e. The average molecular weight is 486 g/mol. The number of nitrogens with one attached hydrogen (secondary N) is 2. The lowest BCUT2D eigenvalue weighted by Crippen LogP contribution is -2.32. The highest BCUT2D eigenvalue weighted by molar-refractivity contribution is 7.92. The number of sulfonamides is 1. The normalized spacial score (nSPS) is 11.9. The maximum Gasteiger partial charge on any atom is 0.265 e. The Morgan fingerprint density at radius 1 is 1.03 bits per heavy atom. The van der Waals surface area contributed by atoms with Crippen LogP contribution in [0.3, 0.4) is 0 Å². The maximum absolute atomic E-state index is 12.9. The Hall–Kier alpha value is -3.79. The molecule has 2 aromatic carbocycles. The summed E-state index contributed by atoms with van der Waals surface area (Å²) < 4.78 is 44.5. The summed E-state index contributed by atoms with van der Waals surface area (Å²) in [5.41, 5.74) is 0.616. The first kappa shape index (κ1) is 24.8. The summed E-state index contributed by atoms with van der Waals surface area (Å²) >= 11 is 0. The fourth-order valence-corrected chi connectivity index (χ4v) is 4.20. The molecule has 0 fully saturated rings. The van der Waals surface area contributed by atoms with E-state index in [-0.39, 0.29) is 28.5 Å². The highest BCUT2D eigenvalue weighted by atomic mass is 32.2. The molecule has 34 heavy (non-hydrogen) atoms. The largest absolute Gasteiger partial charge is 0.497 e. The molecule has 0 radical (unpaired) electrons. The molecule has 1 heterocycles. The van der Waals surface area contributed by atoms with E-state index in [4.69, 9.17) is 14.2 Å². The fourth-order valence-electron chi connectivity index (χ4n) is 2.96. The summed E-state index contributed by atoms with van der Waals surface area (Å²) in [7, 11) is -1.11. The van der Waals surface area contributed by atoms with Crippen LogP contribution in [0, 0.1) is 0 Å². The van der Waals surface area contributed by atoms with Gasteiger partial charge >= 0.3 is 0 Å². The molecule has 180 valence electrons. The Balaban J connectivity index is 1.78. The summed E-state index contributed by atoms with van der Waals surface area (Å²) in [6.45, 7) is 3.89. The molecule has 1 aromatic heterocycles. The fraction of sp³-hybridized carbons (Fsp3) is 0.250. The van der Waals surface area contributed by atoms with E-state index in [1.807, 2.05) is 13.8 Å². The van der Waals surface area contributed by atoms with Crippen molar-refractivity contribution in [2.45, 2.75) is 31.2 Å². The molecule has 2 N–H and O–H groups in total. The number of aromatic nitrogens is 1. The van der Waals surface area contributed by atoms with Crippen molar-refractivity contribution in [3.05, 3.63) is 66.4 Å². The molecule has 0 aliphatic rings. The Morgan fingerprint density at radius 3 is 2.38 bits per heavy atom. The van der Waals surface area contributed by atoms with Gasteiger partial charge in [-0.2, -0.15) is 0 Å². The van der Waals surface area contributed by atoms with Crippen molar-refractivity contribution in [2.24, 2.45) is 0 Å². The second-order valence-corrected chi connectivity index (χ2v) is 9.04. The van der Waals surface area contributed by atoms with Gasteiger partial charge in [0.2, 0.25) is 5.88 Å². The van der Waals surface area contributed by atoms with Gasteiger partial charge < -0.3 is 19.5 Å². The summed E-state index contributed by atoms with van der Waals surface area (Å²) in [5.74, 6) is 0.824. The predicted octanol–water partition coefficient (Wildman–Crippen LogP) is 4.22. The number of amides is 1. The van der Waals surface area contributed by atoms with Gasteiger partial charge in [0.15, 0.2) is 0 Å². The molecule has 1 atom stereocenters. The lowest BCUT2D eigenvalue weighted by molar-refractivity contribution is 0.0936. The van der Waals surface area contributed by atoms with Gasteiger partial charge in [0.1, 0.15) is 27.7 Å². The Kier molecular flexibility index (Phi) is 7.95. The van der Waals surface area contributed by atoms with Crippen molar-refractivity contribution in [3.63, 3.8) is 0 Å². The SMILES string of the molecule is CCC(C)NC(=O)c1cccnc1Oc1ccc(NS(=O)(=O)c2cc(OC)ccc2OC)cc1. The van der Waals surface area contributed by atoms with Gasteiger partial charge in [-0.25, -0.2) is 13.4 Å². The molecule has 3 rings (SSSR count). The molecule has 9 nitrogen and oxygen atoms in total. The first-order chi connectivity index (χ1) is 16.3. The first-order valence-electron chi connectivity index (χ1n) is 10.6. The number of rotatable bonds is 10. The van der Waals surface area contributed by atoms with Crippen LogP contribution in [0.2, 0.25) is 0 Å². The molecule has 0 saturated heterocycles. The predicted molar refractivity (Wildman–Crippen MR) is 128 cm³/mol. The number of hydrogen-bond donors (Lipinski definition) is 2. The van der Waals surface area contributed by atoms with E-state index in [1.165, 1.54) is 32.5 Å². The second-order valence-electron chi connectivity index (χ2n) is 7.39. The van der Waals surface area contributed by atoms with Gasteiger partial charge in [0.05, 0.1) is 14.2 Å². The number of pyridine rings is 1.